The molecule has 2 amide bonds. The maximum Gasteiger partial charge on any atom is 0.315 e. The Morgan fingerprint density at radius 2 is 1.81 bits per heavy atom. The molecule has 1 aliphatic carbocycles. The van der Waals surface area contributed by atoms with Crippen molar-refractivity contribution in [1.82, 2.24) is 16.0 Å². The Bertz CT molecular complexity index is 238. The third-order valence-electron chi connectivity index (χ3n) is 3.60. The van der Waals surface area contributed by atoms with Crippen molar-refractivity contribution in [3.63, 3.8) is 0 Å². The summed E-state index contributed by atoms with van der Waals surface area (Å²) in [5, 5.41) is 9.47. The molecule has 0 aromatic rings. The average molecular weight is 225 g/mol. The van der Waals surface area contributed by atoms with Crippen molar-refractivity contribution >= 4 is 6.03 Å². The van der Waals surface area contributed by atoms with Crippen molar-refractivity contribution < 1.29 is 4.79 Å². The summed E-state index contributed by atoms with van der Waals surface area (Å²) in [4.78, 5) is 11.7. The van der Waals surface area contributed by atoms with Crippen molar-refractivity contribution in [2.24, 2.45) is 5.92 Å². The highest BCUT2D eigenvalue weighted by molar-refractivity contribution is 5.74. The smallest absolute Gasteiger partial charge is 0.315 e. The third kappa shape index (κ3) is 3.37. The SMILES string of the molecule is CC1CNCC(NC(=O)NC2CCCC2)C1. The van der Waals surface area contributed by atoms with Crippen LogP contribution in [0.2, 0.25) is 0 Å². The summed E-state index contributed by atoms with van der Waals surface area (Å²) in [6, 6.07) is 0.729. The fourth-order valence-electron chi connectivity index (χ4n) is 2.75. The quantitative estimate of drug-likeness (QED) is 0.662. The summed E-state index contributed by atoms with van der Waals surface area (Å²) in [6.45, 7) is 4.20. The van der Waals surface area contributed by atoms with Gasteiger partial charge in [0.25, 0.3) is 0 Å². The van der Waals surface area contributed by atoms with E-state index in [0.29, 0.717) is 18.0 Å². The lowest BCUT2D eigenvalue weighted by atomic mass is 9.98. The summed E-state index contributed by atoms with van der Waals surface area (Å²) in [6.07, 6.45) is 5.89. The number of carbonyl (C=O) groups excluding carboxylic acids is 1. The summed E-state index contributed by atoms with van der Waals surface area (Å²) < 4.78 is 0. The van der Waals surface area contributed by atoms with Gasteiger partial charge >= 0.3 is 6.03 Å². The zero-order valence-corrected chi connectivity index (χ0v) is 10.1. The molecule has 4 nitrogen and oxygen atoms in total. The van der Waals surface area contributed by atoms with Crippen LogP contribution < -0.4 is 16.0 Å². The van der Waals surface area contributed by atoms with Crippen LogP contribution in [0.3, 0.4) is 0 Å². The Morgan fingerprint density at radius 1 is 1.12 bits per heavy atom. The second-order valence-electron chi connectivity index (χ2n) is 5.30. The Balaban J connectivity index is 1.69. The number of urea groups is 1. The molecule has 0 radical (unpaired) electrons. The summed E-state index contributed by atoms with van der Waals surface area (Å²) in [7, 11) is 0. The van der Waals surface area contributed by atoms with Crippen LogP contribution >= 0.6 is 0 Å². The van der Waals surface area contributed by atoms with Crippen LogP contribution in [0.15, 0.2) is 0 Å². The van der Waals surface area contributed by atoms with Crippen LogP contribution in [0.1, 0.15) is 39.0 Å². The second kappa shape index (κ2) is 5.53. The number of hydrogen-bond acceptors (Lipinski definition) is 2. The Kier molecular flexibility index (Phi) is 4.04. The van der Waals surface area contributed by atoms with Crippen molar-refractivity contribution in [2.45, 2.75) is 51.1 Å². The van der Waals surface area contributed by atoms with Crippen molar-refractivity contribution in [3.8, 4) is 0 Å². The number of nitrogens with one attached hydrogen (secondary N) is 3. The number of amides is 2. The molecule has 3 N–H and O–H groups in total. The van der Waals surface area contributed by atoms with E-state index in [1.165, 1.54) is 12.8 Å². The molecule has 0 spiro atoms. The fourth-order valence-corrected chi connectivity index (χ4v) is 2.75. The molecule has 1 aliphatic heterocycles. The van der Waals surface area contributed by atoms with Gasteiger partial charge in [0, 0.05) is 18.6 Å². The number of rotatable bonds is 2. The highest BCUT2D eigenvalue weighted by atomic mass is 16.2. The molecule has 0 aromatic carbocycles. The van der Waals surface area contributed by atoms with Gasteiger partial charge in [0.1, 0.15) is 0 Å². The van der Waals surface area contributed by atoms with Crippen LogP contribution in [0.5, 0.6) is 0 Å². The minimum absolute atomic E-state index is 0.0211. The zero-order valence-electron chi connectivity index (χ0n) is 10.1. The molecule has 92 valence electrons. The van der Waals surface area contributed by atoms with E-state index in [1.807, 2.05) is 0 Å². The lowest BCUT2D eigenvalue weighted by Crippen LogP contribution is -2.52. The maximum absolute atomic E-state index is 11.7. The van der Waals surface area contributed by atoms with Gasteiger partial charge in [0.15, 0.2) is 0 Å². The largest absolute Gasteiger partial charge is 0.335 e. The molecular weight excluding hydrogens is 202 g/mol. The topological polar surface area (TPSA) is 53.2 Å². The molecule has 2 unspecified atom stereocenters. The van der Waals surface area contributed by atoms with Crippen LogP contribution in [0.25, 0.3) is 0 Å². The molecule has 2 atom stereocenters. The molecule has 1 saturated heterocycles. The summed E-state index contributed by atoms with van der Waals surface area (Å²) >= 11 is 0. The Hall–Kier alpha value is -0.770. The maximum atomic E-state index is 11.7. The number of hydrogen-bond donors (Lipinski definition) is 3. The zero-order chi connectivity index (χ0) is 11.4. The Morgan fingerprint density at radius 3 is 2.50 bits per heavy atom. The number of carbonyl (C=O) groups is 1. The monoisotopic (exact) mass is 225 g/mol. The highest BCUT2D eigenvalue weighted by Gasteiger charge is 2.22. The molecule has 2 rings (SSSR count). The van der Waals surface area contributed by atoms with E-state index in [9.17, 15) is 4.79 Å². The van der Waals surface area contributed by atoms with E-state index in [1.54, 1.807) is 0 Å². The number of piperidine rings is 1. The van der Waals surface area contributed by atoms with Gasteiger partial charge in [-0.2, -0.15) is 0 Å². The molecule has 2 aliphatic rings. The summed E-state index contributed by atoms with van der Waals surface area (Å²) in [5.74, 6) is 0.658. The first-order valence-corrected chi connectivity index (χ1v) is 6.52. The van der Waals surface area contributed by atoms with E-state index in [0.717, 1.165) is 32.4 Å². The molecule has 16 heavy (non-hydrogen) atoms. The van der Waals surface area contributed by atoms with Gasteiger partial charge in [0.05, 0.1) is 0 Å². The van der Waals surface area contributed by atoms with Crippen molar-refractivity contribution in [1.29, 1.82) is 0 Å². The van der Waals surface area contributed by atoms with Gasteiger partial charge in [-0.15, -0.1) is 0 Å². The van der Waals surface area contributed by atoms with Gasteiger partial charge in [-0.25, -0.2) is 4.79 Å². The van der Waals surface area contributed by atoms with Crippen LogP contribution in [-0.2, 0) is 0 Å². The van der Waals surface area contributed by atoms with Gasteiger partial charge in [-0.05, 0) is 31.7 Å². The van der Waals surface area contributed by atoms with E-state index >= 15 is 0 Å². The van der Waals surface area contributed by atoms with Crippen LogP contribution in [-0.4, -0.2) is 31.2 Å². The average Bonchev–Trinajstić information content (AvgIpc) is 2.70. The fraction of sp³-hybridized carbons (Fsp3) is 0.917. The molecule has 2 fully saturated rings. The first-order chi connectivity index (χ1) is 7.74. The molecular formula is C12H23N3O. The minimum atomic E-state index is 0.0211. The van der Waals surface area contributed by atoms with Gasteiger partial charge < -0.3 is 16.0 Å². The minimum Gasteiger partial charge on any atom is -0.335 e. The van der Waals surface area contributed by atoms with Gasteiger partial charge in [0.2, 0.25) is 0 Å². The second-order valence-corrected chi connectivity index (χ2v) is 5.30. The first-order valence-electron chi connectivity index (χ1n) is 6.52. The van der Waals surface area contributed by atoms with E-state index in [2.05, 4.69) is 22.9 Å². The molecule has 1 heterocycles. The molecule has 1 saturated carbocycles. The van der Waals surface area contributed by atoms with Crippen molar-refractivity contribution in [3.05, 3.63) is 0 Å². The van der Waals surface area contributed by atoms with Crippen LogP contribution in [0.4, 0.5) is 4.79 Å². The molecule has 4 heteroatoms. The van der Waals surface area contributed by atoms with E-state index < -0.39 is 0 Å². The normalized spacial score (nSPS) is 31.3. The van der Waals surface area contributed by atoms with E-state index in [-0.39, 0.29) is 6.03 Å². The van der Waals surface area contributed by atoms with Gasteiger partial charge in [-0.1, -0.05) is 19.8 Å². The lowest BCUT2D eigenvalue weighted by molar-refractivity contribution is 0.226. The van der Waals surface area contributed by atoms with Crippen molar-refractivity contribution in [2.75, 3.05) is 13.1 Å². The lowest BCUT2D eigenvalue weighted by Gasteiger charge is -2.28. The first kappa shape index (κ1) is 11.7. The van der Waals surface area contributed by atoms with Crippen LogP contribution in [0, 0.1) is 5.92 Å². The summed E-state index contributed by atoms with van der Waals surface area (Å²) in [5.41, 5.74) is 0. The predicted molar refractivity (Wildman–Crippen MR) is 64.4 cm³/mol. The Labute approximate surface area is 97.6 Å². The standard InChI is InChI=1S/C12H23N3O/c1-9-6-11(8-13-7-9)15-12(16)14-10-4-2-3-5-10/h9-11,13H,2-8H2,1H3,(H2,14,15,16). The molecule has 0 bridgehead atoms. The van der Waals surface area contributed by atoms with E-state index in [4.69, 9.17) is 0 Å². The predicted octanol–water partition coefficient (Wildman–Crippen LogP) is 1.23. The third-order valence-corrected chi connectivity index (χ3v) is 3.60. The highest BCUT2D eigenvalue weighted by Crippen LogP contribution is 2.17. The molecule has 0 aromatic heterocycles. The van der Waals surface area contributed by atoms with Gasteiger partial charge in [-0.3, -0.25) is 0 Å².